The molecule has 116 valence electrons. The van der Waals surface area contributed by atoms with Crippen molar-refractivity contribution in [3.63, 3.8) is 0 Å². The molecule has 0 saturated heterocycles. The van der Waals surface area contributed by atoms with Crippen molar-refractivity contribution < 1.29 is 19.8 Å². The van der Waals surface area contributed by atoms with E-state index in [9.17, 15) is 14.7 Å². The molecular formula is C14H13ClN2O4S. The van der Waals surface area contributed by atoms with Gasteiger partial charge in [-0.3, -0.25) is 4.79 Å². The molecule has 1 amide bonds. The molecule has 8 heteroatoms. The minimum absolute atomic E-state index is 0.00899. The average Bonchev–Trinajstić information content (AvgIpc) is 2.95. The molecule has 22 heavy (non-hydrogen) atoms. The van der Waals surface area contributed by atoms with Crippen molar-refractivity contribution in [3.05, 3.63) is 50.9 Å². The van der Waals surface area contributed by atoms with Gasteiger partial charge >= 0.3 is 5.97 Å². The Balaban J connectivity index is 1.85. The molecule has 0 aliphatic carbocycles. The van der Waals surface area contributed by atoms with E-state index >= 15 is 0 Å². The van der Waals surface area contributed by atoms with Crippen molar-refractivity contribution in [2.75, 3.05) is 6.54 Å². The van der Waals surface area contributed by atoms with Crippen LogP contribution in [0.3, 0.4) is 0 Å². The van der Waals surface area contributed by atoms with Gasteiger partial charge in [0.1, 0.15) is 0 Å². The van der Waals surface area contributed by atoms with E-state index in [0.717, 1.165) is 0 Å². The van der Waals surface area contributed by atoms with Gasteiger partial charge in [-0.25, -0.2) is 9.78 Å². The predicted octanol–water partition coefficient (Wildman–Crippen LogP) is 1.89. The SMILES string of the molecule is O=C(O)c1csc(CCNC(=O)[C@@H](O)c2cccc(Cl)c2)n1. The Bertz CT molecular complexity index is 689. The van der Waals surface area contributed by atoms with Crippen LogP contribution in [0.4, 0.5) is 0 Å². The van der Waals surface area contributed by atoms with Gasteiger partial charge < -0.3 is 15.5 Å². The third-order valence-electron chi connectivity index (χ3n) is 2.82. The van der Waals surface area contributed by atoms with Gasteiger partial charge in [0.2, 0.25) is 0 Å². The van der Waals surface area contributed by atoms with E-state index in [4.69, 9.17) is 16.7 Å². The molecule has 1 heterocycles. The number of carbonyl (C=O) groups is 2. The summed E-state index contributed by atoms with van der Waals surface area (Å²) < 4.78 is 0. The Morgan fingerprint density at radius 3 is 2.82 bits per heavy atom. The minimum atomic E-state index is -1.30. The lowest BCUT2D eigenvalue weighted by Crippen LogP contribution is -2.31. The number of carboxylic acids is 1. The van der Waals surface area contributed by atoms with Crippen LogP contribution in [0.25, 0.3) is 0 Å². The van der Waals surface area contributed by atoms with Crippen LogP contribution in [0, 0.1) is 0 Å². The Morgan fingerprint density at radius 1 is 1.41 bits per heavy atom. The fraction of sp³-hybridized carbons (Fsp3) is 0.214. The normalized spacial score (nSPS) is 11.9. The molecule has 0 saturated carbocycles. The van der Waals surface area contributed by atoms with E-state index in [1.807, 2.05) is 0 Å². The smallest absolute Gasteiger partial charge is 0.355 e. The zero-order chi connectivity index (χ0) is 16.1. The lowest BCUT2D eigenvalue weighted by Gasteiger charge is -2.11. The summed E-state index contributed by atoms with van der Waals surface area (Å²) in [6.45, 7) is 0.253. The number of carboxylic acid groups (broad SMARTS) is 1. The van der Waals surface area contributed by atoms with Crippen LogP contribution in [0.2, 0.25) is 5.02 Å². The molecule has 1 atom stereocenters. The van der Waals surface area contributed by atoms with Crippen LogP contribution in [0.5, 0.6) is 0 Å². The molecule has 6 nitrogen and oxygen atoms in total. The van der Waals surface area contributed by atoms with Gasteiger partial charge in [-0.15, -0.1) is 11.3 Å². The number of aliphatic hydroxyl groups excluding tert-OH is 1. The maximum atomic E-state index is 11.8. The highest BCUT2D eigenvalue weighted by atomic mass is 35.5. The van der Waals surface area contributed by atoms with E-state index in [1.165, 1.54) is 22.8 Å². The summed E-state index contributed by atoms with van der Waals surface area (Å²) in [5.74, 6) is -1.62. The Hall–Kier alpha value is -1.96. The van der Waals surface area contributed by atoms with E-state index < -0.39 is 18.0 Å². The maximum Gasteiger partial charge on any atom is 0.355 e. The quantitative estimate of drug-likeness (QED) is 0.745. The lowest BCUT2D eigenvalue weighted by atomic mass is 10.1. The number of nitrogens with zero attached hydrogens (tertiary/aromatic N) is 1. The molecule has 0 aliphatic rings. The van der Waals surface area contributed by atoms with E-state index in [-0.39, 0.29) is 12.2 Å². The third-order valence-corrected chi connectivity index (χ3v) is 3.97. The first kappa shape index (κ1) is 16.4. The van der Waals surface area contributed by atoms with Gasteiger partial charge in [0.25, 0.3) is 5.91 Å². The summed E-state index contributed by atoms with van der Waals surface area (Å²) >= 11 is 7.02. The van der Waals surface area contributed by atoms with Crippen molar-refractivity contribution >= 4 is 34.8 Å². The van der Waals surface area contributed by atoms with Crippen LogP contribution >= 0.6 is 22.9 Å². The van der Waals surface area contributed by atoms with E-state index in [0.29, 0.717) is 22.0 Å². The van der Waals surface area contributed by atoms with E-state index in [1.54, 1.807) is 18.2 Å². The number of aromatic carboxylic acids is 1. The Morgan fingerprint density at radius 2 is 2.18 bits per heavy atom. The Labute approximate surface area is 135 Å². The van der Waals surface area contributed by atoms with Gasteiger partial charge in [0.15, 0.2) is 11.8 Å². The molecule has 0 radical (unpaired) electrons. The van der Waals surface area contributed by atoms with Gasteiger partial charge in [-0.1, -0.05) is 23.7 Å². The second-order valence-corrected chi connectivity index (χ2v) is 5.81. The molecule has 2 rings (SSSR count). The predicted molar refractivity (Wildman–Crippen MR) is 82.2 cm³/mol. The van der Waals surface area contributed by atoms with Crippen LogP contribution in [-0.4, -0.2) is 33.6 Å². The number of hydrogen-bond acceptors (Lipinski definition) is 5. The highest BCUT2D eigenvalue weighted by Crippen LogP contribution is 2.17. The van der Waals surface area contributed by atoms with Crippen molar-refractivity contribution in [3.8, 4) is 0 Å². The van der Waals surface area contributed by atoms with Gasteiger partial charge in [-0.2, -0.15) is 0 Å². The molecule has 0 fully saturated rings. The molecule has 2 aromatic rings. The zero-order valence-electron chi connectivity index (χ0n) is 11.3. The van der Waals surface area contributed by atoms with Crippen molar-refractivity contribution in [1.82, 2.24) is 10.3 Å². The van der Waals surface area contributed by atoms with Crippen LogP contribution in [0.15, 0.2) is 29.6 Å². The monoisotopic (exact) mass is 340 g/mol. The fourth-order valence-electron chi connectivity index (χ4n) is 1.74. The summed E-state index contributed by atoms with van der Waals surface area (Å²) in [5.41, 5.74) is 0.401. The highest BCUT2D eigenvalue weighted by Gasteiger charge is 2.17. The molecule has 3 N–H and O–H groups in total. The summed E-state index contributed by atoms with van der Waals surface area (Å²) in [6, 6.07) is 6.43. The number of aliphatic hydroxyl groups is 1. The van der Waals surface area contributed by atoms with Gasteiger partial charge in [-0.05, 0) is 17.7 Å². The average molecular weight is 341 g/mol. The first-order chi connectivity index (χ1) is 10.5. The summed E-state index contributed by atoms with van der Waals surface area (Å²) in [4.78, 5) is 26.5. The summed E-state index contributed by atoms with van der Waals surface area (Å²) in [6.07, 6.45) is -0.907. The number of halogens is 1. The fourth-order valence-corrected chi connectivity index (χ4v) is 2.71. The maximum absolute atomic E-state index is 11.8. The van der Waals surface area contributed by atoms with Crippen LogP contribution in [-0.2, 0) is 11.2 Å². The van der Waals surface area contributed by atoms with Crippen LogP contribution in [0.1, 0.15) is 27.2 Å². The number of aromatic nitrogens is 1. The van der Waals surface area contributed by atoms with Crippen molar-refractivity contribution in [2.24, 2.45) is 0 Å². The standard InChI is InChI=1S/C14H13ClN2O4S/c15-9-3-1-2-8(6-9)12(18)13(19)16-5-4-11-17-10(7-22-11)14(20)21/h1-3,6-7,12,18H,4-5H2,(H,16,19)(H,20,21)/t12-/m0/s1. The lowest BCUT2D eigenvalue weighted by molar-refractivity contribution is -0.129. The third kappa shape index (κ3) is 4.27. The van der Waals surface area contributed by atoms with E-state index in [2.05, 4.69) is 10.3 Å². The molecule has 0 bridgehead atoms. The summed E-state index contributed by atoms with van der Waals surface area (Å²) in [5, 5.41) is 23.8. The number of nitrogens with one attached hydrogen (secondary N) is 1. The molecule has 1 aromatic carbocycles. The van der Waals surface area contributed by atoms with Crippen LogP contribution < -0.4 is 5.32 Å². The van der Waals surface area contributed by atoms with Crippen molar-refractivity contribution in [2.45, 2.75) is 12.5 Å². The van der Waals surface area contributed by atoms with Crippen molar-refractivity contribution in [1.29, 1.82) is 0 Å². The number of rotatable bonds is 6. The van der Waals surface area contributed by atoms with Gasteiger partial charge in [0.05, 0.1) is 5.01 Å². The first-order valence-corrected chi connectivity index (χ1v) is 7.62. The largest absolute Gasteiger partial charge is 0.476 e. The Kier molecular flexibility index (Phi) is 5.48. The molecule has 1 aromatic heterocycles. The molecular weight excluding hydrogens is 328 g/mol. The number of amides is 1. The number of benzene rings is 1. The molecule has 0 unspecified atom stereocenters. The van der Waals surface area contributed by atoms with Gasteiger partial charge in [0, 0.05) is 23.4 Å². The second-order valence-electron chi connectivity index (χ2n) is 4.43. The topological polar surface area (TPSA) is 99.5 Å². The molecule has 0 aliphatic heterocycles. The minimum Gasteiger partial charge on any atom is -0.476 e. The zero-order valence-corrected chi connectivity index (χ0v) is 12.9. The number of thiazole rings is 1. The first-order valence-electron chi connectivity index (χ1n) is 6.36. The number of hydrogen-bond donors (Lipinski definition) is 3. The molecule has 0 spiro atoms. The second kappa shape index (κ2) is 7.35. The highest BCUT2D eigenvalue weighted by molar-refractivity contribution is 7.09. The number of carbonyl (C=O) groups excluding carboxylic acids is 1. The summed E-state index contributed by atoms with van der Waals surface area (Å²) in [7, 11) is 0.